The molecule has 0 unspecified atom stereocenters. The summed E-state index contributed by atoms with van der Waals surface area (Å²) in [7, 11) is -14.7. The third kappa shape index (κ3) is 5.29. The van der Waals surface area contributed by atoms with E-state index in [0.29, 0.717) is 0 Å². The van der Waals surface area contributed by atoms with Crippen LogP contribution in [0.2, 0.25) is 0 Å². The SMILES string of the molecule is C=c1cc2c(cc1S(=O)(=O)O)=C(c1ccccc1S(=O)(=O)O)c1cc(S(=O)(=O)O)c(Nc3ccccc3O)cc1O2. The molecule has 1 aliphatic rings. The summed E-state index contributed by atoms with van der Waals surface area (Å²) < 4.78 is 110. The van der Waals surface area contributed by atoms with Crippen LogP contribution in [0, 0.1) is 0 Å². The van der Waals surface area contributed by atoms with E-state index in [4.69, 9.17) is 4.74 Å². The van der Waals surface area contributed by atoms with Crippen molar-refractivity contribution >= 4 is 53.9 Å². The monoisotopic (exact) mass is 617 g/mol. The fourth-order valence-electron chi connectivity index (χ4n) is 4.45. The zero-order valence-corrected chi connectivity index (χ0v) is 23.0. The molecular formula is C26H19NO11S3. The van der Waals surface area contributed by atoms with Crippen molar-refractivity contribution in [3.05, 3.63) is 94.4 Å². The lowest BCUT2D eigenvalue weighted by Crippen LogP contribution is -2.25. The summed E-state index contributed by atoms with van der Waals surface area (Å²) in [6.45, 7) is 3.62. The highest BCUT2D eigenvalue weighted by Gasteiger charge is 2.30. The molecule has 1 aliphatic heterocycles. The molecule has 0 atom stereocenters. The van der Waals surface area contributed by atoms with E-state index in [1.165, 1.54) is 48.5 Å². The maximum atomic E-state index is 12.5. The minimum atomic E-state index is -4.99. The standard InChI is InChI=1S/C26H19NO11S3/c1-14-10-21-16(11-24(14)40(32,33)34)26(15-6-2-5-9-23(15)39(29,30)31)17-12-25(41(35,36)37)19(13-22(17)38-21)27-18-7-3-4-8-20(18)28/h2-13,27-28H,1H2,(H,29,30,31)(H,32,33,34)(H,35,36,37). The summed E-state index contributed by atoms with van der Waals surface area (Å²) >= 11 is 0. The van der Waals surface area contributed by atoms with Crippen LogP contribution in [0.5, 0.6) is 17.2 Å². The second kappa shape index (κ2) is 9.69. The molecule has 12 nitrogen and oxygen atoms in total. The molecule has 4 aromatic carbocycles. The Morgan fingerprint density at radius 3 is 1.88 bits per heavy atom. The molecule has 0 aromatic heterocycles. The number of phenols is 1. The Labute approximate surface area is 233 Å². The number of rotatable bonds is 6. The first kappa shape index (κ1) is 28.3. The van der Waals surface area contributed by atoms with Gasteiger partial charge in [0.15, 0.2) is 0 Å². The van der Waals surface area contributed by atoms with Crippen molar-refractivity contribution in [1.82, 2.24) is 0 Å². The lowest BCUT2D eigenvalue weighted by Gasteiger charge is -2.24. The molecule has 0 fully saturated rings. The van der Waals surface area contributed by atoms with Gasteiger partial charge >= 0.3 is 0 Å². The van der Waals surface area contributed by atoms with Gasteiger partial charge < -0.3 is 15.2 Å². The van der Waals surface area contributed by atoms with E-state index in [2.05, 4.69) is 11.9 Å². The van der Waals surface area contributed by atoms with E-state index in [1.807, 2.05) is 0 Å². The van der Waals surface area contributed by atoms with E-state index >= 15 is 0 Å². The van der Waals surface area contributed by atoms with Gasteiger partial charge in [0.25, 0.3) is 30.4 Å². The molecule has 4 aromatic rings. The van der Waals surface area contributed by atoms with Gasteiger partial charge in [-0.3, -0.25) is 13.7 Å². The van der Waals surface area contributed by atoms with Gasteiger partial charge in [0.2, 0.25) is 0 Å². The average molecular weight is 618 g/mol. The van der Waals surface area contributed by atoms with E-state index in [0.717, 1.165) is 18.2 Å². The van der Waals surface area contributed by atoms with Crippen LogP contribution in [0.15, 0.2) is 87.5 Å². The highest BCUT2D eigenvalue weighted by Crippen LogP contribution is 2.43. The van der Waals surface area contributed by atoms with Crippen molar-refractivity contribution in [3.63, 3.8) is 0 Å². The molecule has 5 N–H and O–H groups in total. The molecule has 0 radical (unpaired) electrons. The second-order valence-corrected chi connectivity index (χ2v) is 13.0. The maximum Gasteiger partial charge on any atom is 0.296 e. The fourth-order valence-corrected chi connectivity index (χ4v) is 6.46. The number of hydrogen-bond acceptors (Lipinski definition) is 9. The summed E-state index contributed by atoms with van der Waals surface area (Å²) in [5, 5.41) is 12.6. The Morgan fingerprint density at radius 1 is 0.634 bits per heavy atom. The van der Waals surface area contributed by atoms with Crippen LogP contribution >= 0.6 is 0 Å². The summed E-state index contributed by atoms with van der Waals surface area (Å²) in [5.41, 5.74) is -0.572. The van der Waals surface area contributed by atoms with Crippen molar-refractivity contribution in [2.75, 3.05) is 5.32 Å². The van der Waals surface area contributed by atoms with Crippen LogP contribution in [0.1, 0.15) is 11.1 Å². The number of benzene rings is 4. The molecule has 0 saturated carbocycles. The van der Waals surface area contributed by atoms with Gasteiger partial charge in [-0.25, -0.2) is 0 Å². The molecule has 212 valence electrons. The van der Waals surface area contributed by atoms with Crippen LogP contribution < -0.4 is 20.5 Å². The van der Waals surface area contributed by atoms with Crippen LogP contribution in [0.4, 0.5) is 11.4 Å². The van der Waals surface area contributed by atoms with Crippen molar-refractivity contribution in [2.45, 2.75) is 14.7 Å². The van der Waals surface area contributed by atoms with Gasteiger partial charge in [-0.1, -0.05) is 36.9 Å². The number of phenolic OH excluding ortho intramolecular Hbond substituents is 1. The Balaban J connectivity index is 1.94. The van der Waals surface area contributed by atoms with Crippen LogP contribution in [0.25, 0.3) is 12.2 Å². The highest BCUT2D eigenvalue weighted by atomic mass is 32.2. The second-order valence-electron chi connectivity index (χ2n) is 8.84. The van der Waals surface area contributed by atoms with Gasteiger partial charge in [0.1, 0.15) is 31.9 Å². The van der Waals surface area contributed by atoms with Crippen molar-refractivity contribution < 1.29 is 48.8 Å². The fraction of sp³-hybridized carbons (Fsp3) is 0. The average Bonchev–Trinajstić information content (AvgIpc) is 2.86. The van der Waals surface area contributed by atoms with E-state index in [1.54, 1.807) is 6.07 Å². The minimum Gasteiger partial charge on any atom is -0.506 e. The topological polar surface area (TPSA) is 205 Å². The molecule has 0 bridgehead atoms. The summed E-state index contributed by atoms with van der Waals surface area (Å²) in [6.07, 6.45) is 0. The van der Waals surface area contributed by atoms with E-state index in [9.17, 15) is 44.0 Å². The van der Waals surface area contributed by atoms with E-state index in [-0.39, 0.29) is 55.8 Å². The number of nitrogens with one attached hydrogen (secondary N) is 1. The summed E-state index contributed by atoms with van der Waals surface area (Å²) in [4.78, 5) is -1.96. The largest absolute Gasteiger partial charge is 0.506 e. The Kier molecular flexibility index (Phi) is 6.68. The zero-order chi connectivity index (χ0) is 29.9. The highest BCUT2D eigenvalue weighted by molar-refractivity contribution is 7.86. The van der Waals surface area contributed by atoms with Crippen LogP contribution in [-0.4, -0.2) is 44.0 Å². The predicted molar refractivity (Wildman–Crippen MR) is 147 cm³/mol. The third-order valence-electron chi connectivity index (χ3n) is 6.17. The van der Waals surface area contributed by atoms with Crippen molar-refractivity contribution in [2.24, 2.45) is 0 Å². The Bertz CT molecular complexity index is 2210. The molecule has 5 rings (SSSR count). The van der Waals surface area contributed by atoms with Gasteiger partial charge in [0.05, 0.1) is 11.4 Å². The van der Waals surface area contributed by atoms with Crippen molar-refractivity contribution in [3.8, 4) is 17.2 Å². The molecule has 41 heavy (non-hydrogen) atoms. The molecular weight excluding hydrogens is 598 g/mol. The van der Waals surface area contributed by atoms with Crippen LogP contribution in [-0.2, 0) is 30.4 Å². The lowest BCUT2D eigenvalue weighted by atomic mass is 9.92. The normalized spacial score (nSPS) is 13.2. The molecule has 0 spiro atoms. The predicted octanol–water partition coefficient (Wildman–Crippen LogP) is 2.64. The molecule has 0 amide bonds. The third-order valence-corrected chi connectivity index (χ3v) is 8.91. The zero-order valence-electron chi connectivity index (χ0n) is 20.5. The Morgan fingerprint density at radius 2 is 1.24 bits per heavy atom. The molecule has 0 aliphatic carbocycles. The van der Waals surface area contributed by atoms with Crippen molar-refractivity contribution in [1.29, 1.82) is 0 Å². The number of aromatic hydroxyl groups is 1. The van der Waals surface area contributed by atoms with E-state index < -0.39 is 45.0 Å². The van der Waals surface area contributed by atoms with Crippen LogP contribution in [0.3, 0.4) is 0 Å². The smallest absolute Gasteiger partial charge is 0.296 e. The Hall–Kier alpha value is -4.25. The number of para-hydroxylation sites is 2. The number of fused-ring (bicyclic) bond motifs is 2. The quantitative estimate of drug-likeness (QED) is 0.138. The first-order valence-corrected chi connectivity index (χ1v) is 15.7. The molecule has 0 saturated heterocycles. The maximum absolute atomic E-state index is 12.5. The number of ether oxygens (including phenoxy) is 1. The number of hydrogen-bond donors (Lipinski definition) is 5. The first-order valence-electron chi connectivity index (χ1n) is 11.4. The minimum absolute atomic E-state index is 0.0526. The lowest BCUT2D eigenvalue weighted by molar-refractivity contribution is 0.466. The molecule has 15 heteroatoms. The molecule has 1 heterocycles. The first-order chi connectivity index (χ1) is 19.1. The number of anilines is 2. The van der Waals surface area contributed by atoms with Gasteiger partial charge in [-0.05, 0) is 41.6 Å². The van der Waals surface area contributed by atoms with Gasteiger partial charge in [-0.2, -0.15) is 25.3 Å². The summed E-state index contributed by atoms with van der Waals surface area (Å²) in [5.74, 6) is -0.378. The van der Waals surface area contributed by atoms with Gasteiger partial charge in [0, 0.05) is 28.0 Å². The van der Waals surface area contributed by atoms with Gasteiger partial charge in [-0.15, -0.1) is 0 Å². The summed E-state index contributed by atoms with van der Waals surface area (Å²) in [6, 6.07) is 15.2.